The first-order valence-electron chi connectivity index (χ1n) is 10.1. The van der Waals surface area contributed by atoms with Crippen LogP contribution in [0.15, 0.2) is 53.7 Å². The van der Waals surface area contributed by atoms with Gasteiger partial charge in [0.25, 0.3) is 5.91 Å². The van der Waals surface area contributed by atoms with Crippen molar-refractivity contribution in [2.24, 2.45) is 0 Å². The van der Waals surface area contributed by atoms with Crippen LogP contribution in [0.1, 0.15) is 46.2 Å². The van der Waals surface area contributed by atoms with E-state index < -0.39 is 0 Å². The van der Waals surface area contributed by atoms with Crippen LogP contribution in [0.25, 0.3) is 16.6 Å². The second-order valence-electron chi connectivity index (χ2n) is 7.76. The molecule has 0 aliphatic heterocycles. The maximum absolute atomic E-state index is 12.4. The van der Waals surface area contributed by atoms with Crippen LogP contribution < -0.4 is 5.32 Å². The molecule has 0 bridgehead atoms. The van der Waals surface area contributed by atoms with Gasteiger partial charge in [0.1, 0.15) is 5.65 Å². The van der Waals surface area contributed by atoms with Gasteiger partial charge in [-0.15, -0.1) is 5.10 Å². The van der Waals surface area contributed by atoms with E-state index in [9.17, 15) is 4.79 Å². The van der Waals surface area contributed by atoms with Crippen LogP contribution in [-0.2, 0) is 13.1 Å². The molecule has 0 aromatic carbocycles. The second kappa shape index (κ2) is 7.01. The maximum atomic E-state index is 12.4. The highest BCUT2D eigenvalue weighted by Gasteiger charge is 2.23. The molecular formula is C21H18N8O2. The van der Waals surface area contributed by atoms with Crippen molar-refractivity contribution in [2.75, 3.05) is 0 Å². The van der Waals surface area contributed by atoms with Gasteiger partial charge in [-0.25, -0.2) is 9.67 Å². The monoisotopic (exact) mass is 414 g/mol. The van der Waals surface area contributed by atoms with E-state index in [-0.39, 0.29) is 18.1 Å². The number of hydrogen-bond acceptors (Lipinski definition) is 7. The summed E-state index contributed by atoms with van der Waals surface area (Å²) in [6.07, 6.45) is 11.5. The highest BCUT2D eigenvalue weighted by atomic mass is 16.5. The van der Waals surface area contributed by atoms with Gasteiger partial charge < -0.3 is 14.2 Å². The summed E-state index contributed by atoms with van der Waals surface area (Å²) in [7, 11) is 0. The Balaban J connectivity index is 1.12. The number of rotatable bonds is 6. The summed E-state index contributed by atoms with van der Waals surface area (Å²) in [5, 5.41) is 15.4. The van der Waals surface area contributed by atoms with Gasteiger partial charge in [0, 0.05) is 24.7 Å². The molecule has 1 fully saturated rings. The first kappa shape index (κ1) is 17.8. The Kier molecular flexibility index (Phi) is 4.01. The summed E-state index contributed by atoms with van der Waals surface area (Å²) in [5.41, 5.74) is 4.64. The fourth-order valence-corrected chi connectivity index (χ4v) is 3.60. The van der Waals surface area contributed by atoms with Gasteiger partial charge in [0.05, 0.1) is 42.3 Å². The Labute approximate surface area is 175 Å². The SMILES string of the molecule is O=C(NCc1cc2oncc2cn1)c1cn(Cc2cn3cc(C4CC4)ccc3n2)nn1. The van der Waals surface area contributed by atoms with E-state index in [1.807, 2.05) is 16.7 Å². The predicted molar refractivity (Wildman–Crippen MR) is 109 cm³/mol. The van der Waals surface area contributed by atoms with Crippen molar-refractivity contribution in [1.29, 1.82) is 0 Å². The average Bonchev–Trinajstić information content (AvgIpc) is 3.17. The number of fused-ring (bicyclic) bond motifs is 2. The van der Waals surface area contributed by atoms with Crippen LogP contribution in [0, 0.1) is 0 Å². The van der Waals surface area contributed by atoms with E-state index in [2.05, 4.69) is 43.0 Å². The zero-order valence-corrected chi connectivity index (χ0v) is 16.5. The second-order valence-corrected chi connectivity index (χ2v) is 7.76. The molecule has 1 N–H and O–H groups in total. The zero-order valence-electron chi connectivity index (χ0n) is 16.5. The normalized spacial score (nSPS) is 13.8. The van der Waals surface area contributed by atoms with Crippen LogP contribution in [0.4, 0.5) is 0 Å². The molecular weight excluding hydrogens is 396 g/mol. The molecule has 0 spiro atoms. The number of hydrogen-bond donors (Lipinski definition) is 1. The fourth-order valence-electron chi connectivity index (χ4n) is 3.60. The highest BCUT2D eigenvalue weighted by Crippen LogP contribution is 2.39. The Morgan fingerprint density at radius 3 is 3.00 bits per heavy atom. The van der Waals surface area contributed by atoms with E-state index in [0.29, 0.717) is 23.7 Å². The number of imidazole rings is 1. The molecule has 0 radical (unpaired) electrons. The number of amides is 1. The zero-order chi connectivity index (χ0) is 20.8. The summed E-state index contributed by atoms with van der Waals surface area (Å²) in [5.74, 6) is 0.370. The minimum Gasteiger partial charge on any atom is -0.356 e. The van der Waals surface area contributed by atoms with Gasteiger partial charge in [0.2, 0.25) is 0 Å². The van der Waals surface area contributed by atoms with E-state index >= 15 is 0 Å². The quantitative estimate of drug-likeness (QED) is 0.453. The summed E-state index contributed by atoms with van der Waals surface area (Å²) in [6, 6.07) is 5.94. The highest BCUT2D eigenvalue weighted by molar-refractivity contribution is 5.91. The molecule has 5 heterocycles. The van der Waals surface area contributed by atoms with Crippen molar-refractivity contribution in [3.8, 4) is 0 Å². The summed E-state index contributed by atoms with van der Waals surface area (Å²) in [6.45, 7) is 0.683. The molecule has 1 aliphatic carbocycles. The smallest absolute Gasteiger partial charge is 0.273 e. The predicted octanol–water partition coefficient (Wildman–Crippen LogP) is 2.32. The maximum Gasteiger partial charge on any atom is 0.273 e. The van der Waals surface area contributed by atoms with Gasteiger partial charge in [-0.3, -0.25) is 9.78 Å². The number of aromatic nitrogens is 7. The van der Waals surface area contributed by atoms with E-state index in [4.69, 9.17) is 4.52 Å². The number of carbonyl (C=O) groups excluding carboxylic acids is 1. The lowest BCUT2D eigenvalue weighted by Crippen LogP contribution is -2.23. The summed E-state index contributed by atoms with van der Waals surface area (Å²) in [4.78, 5) is 21.3. The molecule has 6 rings (SSSR count). The molecule has 154 valence electrons. The Morgan fingerprint density at radius 1 is 1.16 bits per heavy atom. The first-order valence-corrected chi connectivity index (χ1v) is 10.1. The third kappa shape index (κ3) is 3.52. The first-order chi connectivity index (χ1) is 15.2. The van der Waals surface area contributed by atoms with Crippen LogP contribution in [0.2, 0.25) is 0 Å². The van der Waals surface area contributed by atoms with Crippen molar-refractivity contribution >= 4 is 22.5 Å². The number of nitrogens with zero attached hydrogens (tertiary/aromatic N) is 7. The number of carbonyl (C=O) groups is 1. The van der Waals surface area contributed by atoms with E-state index in [1.54, 1.807) is 29.3 Å². The van der Waals surface area contributed by atoms with Crippen molar-refractivity contribution in [2.45, 2.75) is 31.8 Å². The Bertz CT molecular complexity index is 1410. The fraction of sp³-hybridized carbons (Fsp3) is 0.238. The third-order valence-corrected chi connectivity index (χ3v) is 5.39. The molecule has 5 aromatic heterocycles. The Hall–Kier alpha value is -4.08. The van der Waals surface area contributed by atoms with Gasteiger partial charge in [0.15, 0.2) is 11.3 Å². The van der Waals surface area contributed by atoms with Crippen LogP contribution >= 0.6 is 0 Å². The number of pyridine rings is 2. The molecule has 10 nitrogen and oxygen atoms in total. The lowest BCUT2D eigenvalue weighted by Gasteiger charge is -2.02. The van der Waals surface area contributed by atoms with Crippen LogP contribution in [0.3, 0.4) is 0 Å². The summed E-state index contributed by atoms with van der Waals surface area (Å²) < 4.78 is 8.77. The van der Waals surface area contributed by atoms with Crippen molar-refractivity contribution < 1.29 is 9.32 Å². The lowest BCUT2D eigenvalue weighted by atomic mass is 10.2. The molecule has 1 amide bonds. The van der Waals surface area contributed by atoms with Gasteiger partial charge >= 0.3 is 0 Å². The Morgan fingerprint density at radius 2 is 2.10 bits per heavy atom. The minimum atomic E-state index is -0.324. The van der Waals surface area contributed by atoms with Crippen LogP contribution in [0.5, 0.6) is 0 Å². The number of nitrogens with one attached hydrogen (secondary N) is 1. The standard InChI is InChI=1S/C21H18N8O2/c30-21(23-8-16-5-19-15(6-22-16)7-24-31-19)18-12-29(27-26-18)11-17-10-28-9-14(13-1-2-13)3-4-20(28)25-17/h3-7,9-10,12-13H,1-2,8,11H2,(H,23,30). The molecule has 0 unspecified atom stereocenters. The third-order valence-electron chi connectivity index (χ3n) is 5.39. The van der Waals surface area contributed by atoms with Crippen molar-refractivity contribution in [1.82, 2.24) is 39.8 Å². The lowest BCUT2D eigenvalue weighted by molar-refractivity contribution is 0.0945. The molecule has 31 heavy (non-hydrogen) atoms. The summed E-state index contributed by atoms with van der Waals surface area (Å²) >= 11 is 0. The molecule has 1 saturated carbocycles. The largest absolute Gasteiger partial charge is 0.356 e. The van der Waals surface area contributed by atoms with E-state index in [0.717, 1.165) is 16.7 Å². The molecule has 1 aliphatic rings. The van der Waals surface area contributed by atoms with Gasteiger partial charge in [-0.05, 0) is 30.4 Å². The van der Waals surface area contributed by atoms with Crippen molar-refractivity contribution in [3.63, 3.8) is 0 Å². The molecule has 10 heteroatoms. The van der Waals surface area contributed by atoms with E-state index in [1.165, 1.54) is 18.4 Å². The topological polar surface area (TPSA) is 116 Å². The van der Waals surface area contributed by atoms with Gasteiger partial charge in [-0.1, -0.05) is 16.4 Å². The minimum absolute atomic E-state index is 0.237. The molecule has 0 saturated heterocycles. The molecule has 5 aromatic rings. The average molecular weight is 414 g/mol. The van der Waals surface area contributed by atoms with Crippen LogP contribution in [-0.4, -0.2) is 40.4 Å². The van der Waals surface area contributed by atoms with Crippen molar-refractivity contribution in [3.05, 3.63) is 71.8 Å². The van der Waals surface area contributed by atoms with Gasteiger partial charge in [-0.2, -0.15) is 0 Å². The molecule has 0 atom stereocenters.